The molecule has 0 saturated carbocycles. The Morgan fingerprint density at radius 1 is 1.24 bits per heavy atom. The molecule has 2 fully saturated rings. The van der Waals surface area contributed by atoms with E-state index in [0.29, 0.717) is 0 Å². The summed E-state index contributed by atoms with van der Waals surface area (Å²) >= 11 is 0. The maximum atomic E-state index is 11.4. The number of hydrogen-bond acceptors (Lipinski definition) is 4. The number of piperidine rings is 1. The molecular formula is C11H23ClN2O2S. The lowest BCUT2D eigenvalue weighted by Crippen LogP contribution is -2.36. The van der Waals surface area contributed by atoms with Gasteiger partial charge in [0.2, 0.25) is 0 Å². The monoisotopic (exact) mass is 282 g/mol. The predicted molar refractivity (Wildman–Crippen MR) is 72.5 cm³/mol. The zero-order valence-electron chi connectivity index (χ0n) is 10.4. The number of nitrogens with zero attached hydrogens (tertiary/aromatic N) is 1. The van der Waals surface area contributed by atoms with E-state index in [2.05, 4.69) is 10.2 Å². The van der Waals surface area contributed by atoms with Gasteiger partial charge in [-0.15, -0.1) is 12.4 Å². The number of halogens is 1. The SMILES string of the molecule is CS(=O)(=O)C1CCN(CC2CCNCC2)C1.Cl. The van der Waals surface area contributed by atoms with Gasteiger partial charge in [0, 0.05) is 19.3 Å². The van der Waals surface area contributed by atoms with Gasteiger partial charge in [-0.2, -0.15) is 0 Å². The Kier molecular flexibility index (Phi) is 5.70. The molecule has 2 aliphatic heterocycles. The highest BCUT2D eigenvalue weighted by atomic mass is 35.5. The first kappa shape index (κ1) is 15.2. The number of rotatable bonds is 3. The van der Waals surface area contributed by atoms with E-state index in [4.69, 9.17) is 0 Å². The largest absolute Gasteiger partial charge is 0.317 e. The number of hydrogen-bond donors (Lipinski definition) is 1. The second-order valence-electron chi connectivity index (χ2n) is 5.19. The summed E-state index contributed by atoms with van der Waals surface area (Å²) in [5.74, 6) is 0.763. The van der Waals surface area contributed by atoms with Crippen LogP contribution in [0.4, 0.5) is 0 Å². The van der Waals surface area contributed by atoms with Gasteiger partial charge in [0.15, 0.2) is 9.84 Å². The fourth-order valence-corrected chi connectivity index (χ4v) is 3.76. The van der Waals surface area contributed by atoms with Gasteiger partial charge in [-0.25, -0.2) is 8.42 Å². The van der Waals surface area contributed by atoms with Gasteiger partial charge in [0.1, 0.15) is 0 Å². The fraction of sp³-hybridized carbons (Fsp3) is 1.00. The smallest absolute Gasteiger partial charge is 0.151 e. The van der Waals surface area contributed by atoms with Crippen LogP contribution in [0.1, 0.15) is 19.3 Å². The Labute approximate surface area is 110 Å². The van der Waals surface area contributed by atoms with E-state index in [9.17, 15) is 8.42 Å². The third kappa shape index (κ3) is 4.39. The third-order valence-electron chi connectivity index (χ3n) is 3.81. The summed E-state index contributed by atoms with van der Waals surface area (Å²) in [6, 6.07) is 0. The molecule has 4 nitrogen and oxygen atoms in total. The molecule has 0 radical (unpaired) electrons. The Hall–Kier alpha value is 0.160. The normalized spacial score (nSPS) is 27.9. The summed E-state index contributed by atoms with van der Waals surface area (Å²) in [7, 11) is -2.83. The summed E-state index contributed by atoms with van der Waals surface area (Å²) in [6.07, 6.45) is 4.66. The fourth-order valence-electron chi connectivity index (χ4n) is 2.74. The molecule has 17 heavy (non-hydrogen) atoms. The topological polar surface area (TPSA) is 49.4 Å². The lowest BCUT2D eigenvalue weighted by atomic mass is 9.98. The van der Waals surface area contributed by atoms with Crippen molar-refractivity contribution < 1.29 is 8.42 Å². The van der Waals surface area contributed by atoms with Crippen molar-refractivity contribution in [2.45, 2.75) is 24.5 Å². The molecular weight excluding hydrogens is 260 g/mol. The summed E-state index contributed by atoms with van der Waals surface area (Å²) in [5, 5.41) is 3.24. The zero-order valence-corrected chi connectivity index (χ0v) is 12.0. The van der Waals surface area contributed by atoms with Crippen LogP contribution in [0.25, 0.3) is 0 Å². The van der Waals surface area contributed by atoms with Gasteiger partial charge in [0.05, 0.1) is 5.25 Å². The van der Waals surface area contributed by atoms with Gasteiger partial charge in [-0.3, -0.25) is 0 Å². The summed E-state index contributed by atoms with van der Waals surface area (Å²) in [6.45, 7) is 5.04. The maximum absolute atomic E-state index is 11.4. The van der Waals surface area contributed by atoms with E-state index in [1.165, 1.54) is 19.1 Å². The van der Waals surface area contributed by atoms with Crippen LogP contribution in [0, 0.1) is 5.92 Å². The second-order valence-corrected chi connectivity index (χ2v) is 7.52. The predicted octanol–water partition coefficient (Wildman–Crippen LogP) is 0.527. The molecule has 0 aliphatic carbocycles. The average Bonchev–Trinajstić information content (AvgIpc) is 2.67. The molecule has 0 aromatic rings. The van der Waals surface area contributed by atoms with Gasteiger partial charge in [0.25, 0.3) is 0 Å². The van der Waals surface area contributed by atoms with Crippen molar-refractivity contribution in [1.29, 1.82) is 0 Å². The molecule has 0 aromatic heterocycles. The zero-order chi connectivity index (χ0) is 11.6. The lowest BCUT2D eigenvalue weighted by Gasteiger charge is -2.27. The van der Waals surface area contributed by atoms with E-state index in [0.717, 1.165) is 45.1 Å². The lowest BCUT2D eigenvalue weighted by molar-refractivity contribution is 0.241. The maximum Gasteiger partial charge on any atom is 0.151 e. The first-order valence-electron chi connectivity index (χ1n) is 6.17. The molecule has 6 heteroatoms. The molecule has 0 spiro atoms. The number of nitrogens with one attached hydrogen (secondary N) is 1. The molecule has 0 bridgehead atoms. The van der Waals surface area contributed by atoms with Crippen LogP contribution in [0.3, 0.4) is 0 Å². The van der Waals surface area contributed by atoms with Crippen LogP contribution in [-0.4, -0.2) is 57.5 Å². The highest BCUT2D eigenvalue weighted by Crippen LogP contribution is 2.20. The van der Waals surface area contributed by atoms with Crippen LogP contribution in [0.5, 0.6) is 0 Å². The first-order valence-corrected chi connectivity index (χ1v) is 8.13. The minimum atomic E-state index is -2.83. The molecule has 2 aliphatic rings. The summed E-state index contributed by atoms with van der Waals surface area (Å²) in [5.41, 5.74) is 0. The van der Waals surface area contributed by atoms with Crippen LogP contribution >= 0.6 is 12.4 Å². The Balaban J connectivity index is 0.00000144. The number of sulfone groups is 1. The average molecular weight is 283 g/mol. The summed E-state index contributed by atoms with van der Waals surface area (Å²) in [4.78, 5) is 2.34. The van der Waals surface area contributed by atoms with Crippen molar-refractivity contribution in [3.63, 3.8) is 0 Å². The molecule has 2 saturated heterocycles. The molecule has 102 valence electrons. The van der Waals surface area contributed by atoms with Crippen LogP contribution in [0.2, 0.25) is 0 Å². The molecule has 2 rings (SSSR count). The van der Waals surface area contributed by atoms with Crippen molar-refractivity contribution in [2.24, 2.45) is 5.92 Å². The van der Waals surface area contributed by atoms with Crippen LogP contribution in [0.15, 0.2) is 0 Å². The Morgan fingerprint density at radius 2 is 1.88 bits per heavy atom. The van der Waals surface area contributed by atoms with E-state index < -0.39 is 9.84 Å². The third-order valence-corrected chi connectivity index (χ3v) is 5.41. The van der Waals surface area contributed by atoms with Crippen LogP contribution in [-0.2, 0) is 9.84 Å². The minimum Gasteiger partial charge on any atom is -0.317 e. The quantitative estimate of drug-likeness (QED) is 0.820. The molecule has 2 heterocycles. The molecule has 1 N–H and O–H groups in total. The van der Waals surface area contributed by atoms with Gasteiger partial charge in [-0.05, 0) is 44.8 Å². The van der Waals surface area contributed by atoms with Crippen molar-refractivity contribution in [1.82, 2.24) is 10.2 Å². The second kappa shape index (κ2) is 6.36. The molecule has 1 atom stereocenters. The first-order chi connectivity index (χ1) is 7.55. The Bertz CT molecular complexity index is 328. The highest BCUT2D eigenvalue weighted by Gasteiger charge is 2.31. The standard InChI is InChI=1S/C11H22N2O2S.ClH/c1-16(14,15)11-4-7-13(9-11)8-10-2-5-12-6-3-10;/h10-12H,2-9H2,1H3;1H. The van der Waals surface area contributed by atoms with E-state index in [1.54, 1.807) is 0 Å². The van der Waals surface area contributed by atoms with Crippen molar-refractivity contribution >= 4 is 22.2 Å². The van der Waals surface area contributed by atoms with E-state index in [1.807, 2.05) is 0 Å². The van der Waals surface area contributed by atoms with Gasteiger partial charge in [-0.1, -0.05) is 0 Å². The Morgan fingerprint density at radius 3 is 2.41 bits per heavy atom. The van der Waals surface area contributed by atoms with E-state index >= 15 is 0 Å². The number of likely N-dealkylation sites (tertiary alicyclic amines) is 1. The minimum absolute atomic E-state index is 0. The van der Waals surface area contributed by atoms with Crippen LogP contribution < -0.4 is 5.32 Å². The summed E-state index contributed by atoms with van der Waals surface area (Å²) < 4.78 is 22.9. The van der Waals surface area contributed by atoms with Crippen molar-refractivity contribution in [3.05, 3.63) is 0 Å². The van der Waals surface area contributed by atoms with Gasteiger partial charge < -0.3 is 10.2 Å². The molecule has 0 aromatic carbocycles. The van der Waals surface area contributed by atoms with E-state index in [-0.39, 0.29) is 17.7 Å². The molecule has 0 amide bonds. The van der Waals surface area contributed by atoms with Gasteiger partial charge >= 0.3 is 0 Å². The van der Waals surface area contributed by atoms with Crippen molar-refractivity contribution in [3.8, 4) is 0 Å². The highest BCUT2D eigenvalue weighted by molar-refractivity contribution is 7.91. The molecule has 1 unspecified atom stereocenters. The van der Waals surface area contributed by atoms with Crippen molar-refractivity contribution in [2.75, 3.05) is 39.0 Å².